The van der Waals surface area contributed by atoms with Crippen LogP contribution in [0.3, 0.4) is 0 Å². The van der Waals surface area contributed by atoms with Crippen LogP contribution in [0.1, 0.15) is 5.56 Å². The fourth-order valence-electron chi connectivity index (χ4n) is 0.678. The molecule has 0 aromatic heterocycles. The first-order chi connectivity index (χ1) is 4.84. The van der Waals surface area contributed by atoms with Gasteiger partial charge in [-0.3, -0.25) is 0 Å². The summed E-state index contributed by atoms with van der Waals surface area (Å²) in [7, 11) is 0. The van der Waals surface area contributed by atoms with Crippen LogP contribution in [-0.4, -0.2) is 0 Å². The van der Waals surface area contributed by atoms with Gasteiger partial charge in [0.2, 0.25) is 0 Å². The standard InChI is InChI=1S/C8H6F2/c9-6-5-7-3-1-2-4-8(7)10/h1-6H. The van der Waals surface area contributed by atoms with Gasteiger partial charge in [0.25, 0.3) is 0 Å². The minimum atomic E-state index is -0.406. The van der Waals surface area contributed by atoms with E-state index in [4.69, 9.17) is 0 Å². The molecule has 0 nitrogen and oxygen atoms in total. The summed E-state index contributed by atoms with van der Waals surface area (Å²) < 4.78 is 24.1. The number of hydrogen-bond acceptors (Lipinski definition) is 0. The quantitative estimate of drug-likeness (QED) is 0.562. The molecule has 0 atom stereocenters. The smallest absolute Gasteiger partial charge is 0.130 e. The molecule has 10 heavy (non-hydrogen) atoms. The molecule has 1 aromatic rings. The van der Waals surface area contributed by atoms with Gasteiger partial charge in [0.05, 0.1) is 6.33 Å². The monoisotopic (exact) mass is 140 g/mol. The van der Waals surface area contributed by atoms with E-state index in [1.807, 2.05) is 0 Å². The molecule has 1 rings (SSSR count). The van der Waals surface area contributed by atoms with E-state index in [0.29, 0.717) is 6.33 Å². The predicted octanol–water partition coefficient (Wildman–Crippen LogP) is 2.77. The summed E-state index contributed by atoms with van der Waals surface area (Å²) in [6.07, 6.45) is 1.40. The van der Waals surface area contributed by atoms with E-state index in [0.717, 1.165) is 6.08 Å². The summed E-state index contributed by atoms with van der Waals surface area (Å²) in [5.41, 5.74) is 0.269. The van der Waals surface area contributed by atoms with Gasteiger partial charge in [-0.15, -0.1) is 0 Å². The molecule has 0 amide bonds. The number of rotatable bonds is 1. The summed E-state index contributed by atoms with van der Waals surface area (Å²) in [5, 5.41) is 0. The molecule has 0 aliphatic heterocycles. The maximum Gasteiger partial charge on any atom is 0.130 e. The van der Waals surface area contributed by atoms with Crippen LogP contribution in [0.2, 0.25) is 0 Å². The highest BCUT2D eigenvalue weighted by Crippen LogP contribution is 2.07. The molecule has 0 spiro atoms. The highest BCUT2D eigenvalue weighted by molar-refractivity contribution is 5.48. The molecule has 0 bridgehead atoms. The van der Waals surface area contributed by atoms with Crippen LogP contribution in [0.4, 0.5) is 8.78 Å². The SMILES string of the molecule is FC=Cc1ccccc1F. The molecule has 2 heteroatoms. The maximum absolute atomic E-state index is 12.6. The van der Waals surface area contributed by atoms with E-state index in [1.165, 1.54) is 12.1 Å². The van der Waals surface area contributed by atoms with Crippen molar-refractivity contribution < 1.29 is 8.78 Å². The van der Waals surface area contributed by atoms with Crippen molar-refractivity contribution in [1.82, 2.24) is 0 Å². The topological polar surface area (TPSA) is 0 Å². The zero-order chi connectivity index (χ0) is 7.40. The highest BCUT2D eigenvalue weighted by Gasteiger charge is 1.93. The Morgan fingerprint density at radius 1 is 1.20 bits per heavy atom. The third-order valence-corrected chi connectivity index (χ3v) is 1.15. The third kappa shape index (κ3) is 1.41. The summed E-state index contributed by atoms with van der Waals surface area (Å²) in [6.45, 7) is 0. The van der Waals surface area contributed by atoms with Crippen molar-refractivity contribution in [3.05, 3.63) is 42.0 Å². The molecule has 0 saturated heterocycles. The van der Waals surface area contributed by atoms with Gasteiger partial charge in [-0.1, -0.05) is 18.2 Å². The summed E-state index contributed by atoms with van der Waals surface area (Å²) in [4.78, 5) is 0. The Hall–Kier alpha value is -1.18. The van der Waals surface area contributed by atoms with Gasteiger partial charge in [-0.05, 0) is 12.1 Å². The highest BCUT2D eigenvalue weighted by atomic mass is 19.1. The maximum atomic E-state index is 12.6. The van der Waals surface area contributed by atoms with E-state index < -0.39 is 5.82 Å². The first-order valence-electron chi connectivity index (χ1n) is 2.86. The van der Waals surface area contributed by atoms with Crippen LogP contribution in [0.5, 0.6) is 0 Å². The second-order valence-electron chi connectivity index (χ2n) is 1.81. The van der Waals surface area contributed by atoms with E-state index in [2.05, 4.69) is 0 Å². The van der Waals surface area contributed by atoms with Gasteiger partial charge in [0.15, 0.2) is 0 Å². The summed E-state index contributed by atoms with van der Waals surface area (Å²) >= 11 is 0. The van der Waals surface area contributed by atoms with Crippen molar-refractivity contribution in [2.24, 2.45) is 0 Å². The van der Waals surface area contributed by atoms with Gasteiger partial charge >= 0.3 is 0 Å². The summed E-state index contributed by atoms with van der Waals surface area (Å²) in [5.74, 6) is -0.406. The van der Waals surface area contributed by atoms with Crippen LogP contribution in [0.25, 0.3) is 6.08 Å². The molecule has 0 unspecified atom stereocenters. The average Bonchev–Trinajstić information content (AvgIpc) is 1.94. The Kier molecular flexibility index (Phi) is 2.15. The lowest BCUT2D eigenvalue weighted by Crippen LogP contribution is -1.77. The van der Waals surface area contributed by atoms with E-state index in [-0.39, 0.29) is 5.56 Å². The van der Waals surface area contributed by atoms with Crippen molar-refractivity contribution in [3.8, 4) is 0 Å². The zero-order valence-corrected chi connectivity index (χ0v) is 5.22. The van der Waals surface area contributed by atoms with Gasteiger partial charge < -0.3 is 0 Å². The van der Waals surface area contributed by atoms with Crippen LogP contribution in [-0.2, 0) is 0 Å². The largest absolute Gasteiger partial charge is 0.216 e. The van der Waals surface area contributed by atoms with Crippen LogP contribution in [0, 0.1) is 5.82 Å². The third-order valence-electron chi connectivity index (χ3n) is 1.15. The number of hydrogen-bond donors (Lipinski definition) is 0. The molecular formula is C8H6F2. The Bertz CT molecular complexity index is 241. The van der Waals surface area contributed by atoms with Gasteiger partial charge in [-0.25, -0.2) is 8.78 Å². The van der Waals surface area contributed by atoms with Gasteiger partial charge in [0, 0.05) is 5.56 Å². The van der Waals surface area contributed by atoms with E-state index >= 15 is 0 Å². The summed E-state index contributed by atoms with van der Waals surface area (Å²) in [6, 6.07) is 6.00. The molecule has 0 saturated carbocycles. The minimum absolute atomic E-state index is 0.269. The first kappa shape index (κ1) is 6.93. The second kappa shape index (κ2) is 3.11. The van der Waals surface area contributed by atoms with Crippen LogP contribution in [0.15, 0.2) is 30.6 Å². The lowest BCUT2D eigenvalue weighted by molar-refractivity contribution is 0.624. The zero-order valence-electron chi connectivity index (χ0n) is 5.22. The fraction of sp³-hybridized carbons (Fsp3) is 0. The van der Waals surface area contributed by atoms with Gasteiger partial charge in [-0.2, -0.15) is 0 Å². The molecule has 0 radical (unpaired) electrons. The Morgan fingerprint density at radius 2 is 1.90 bits per heavy atom. The molecule has 0 aliphatic carbocycles. The lowest BCUT2D eigenvalue weighted by Gasteiger charge is -1.91. The molecule has 1 aromatic carbocycles. The normalized spacial score (nSPS) is 10.6. The van der Waals surface area contributed by atoms with Crippen molar-refractivity contribution in [1.29, 1.82) is 0 Å². The predicted molar refractivity (Wildman–Crippen MR) is 36.5 cm³/mol. The Balaban J connectivity index is 3.03. The second-order valence-corrected chi connectivity index (χ2v) is 1.81. The van der Waals surface area contributed by atoms with Crippen LogP contribution >= 0.6 is 0 Å². The minimum Gasteiger partial charge on any atom is -0.216 e. The molecular weight excluding hydrogens is 134 g/mol. The van der Waals surface area contributed by atoms with Crippen molar-refractivity contribution in [3.63, 3.8) is 0 Å². The molecule has 0 heterocycles. The Labute approximate surface area is 57.8 Å². The lowest BCUT2D eigenvalue weighted by atomic mass is 10.2. The first-order valence-corrected chi connectivity index (χ1v) is 2.86. The molecule has 52 valence electrons. The molecule has 0 fully saturated rings. The molecule has 0 aliphatic rings. The van der Waals surface area contributed by atoms with Crippen molar-refractivity contribution in [2.45, 2.75) is 0 Å². The number of halogens is 2. The van der Waals surface area contributed by atoms with Crippen molar-refractivity contribution >= 4 is 6.08 Å². The molecule has 0 N–H and O–H groups in total. The average molecular weight is 140 g/mol. The van der Waals surface area contributed by atoms with E-state index in [1.54, 1.807) is 12.1 Å². The Morgan fingerprint density at radius 3 is 2.50 bits per heavy atom. The van der Waals surface area contributed by atoms with Gasteiger partial charge in [0.1, 0.15) is 5.82 Å². The van der Waals surface area contributed by atoms with Crippen LogP contribution < -0.4 is 0 Å². The van der Waals surface area contributed by atoms with Crippen molar-refractivity contribution in [2.75, 3.05) is 0 Å². The fourth-order valence-corrected chi connectivity index (χ4v) is 0.678. The van der Waals surface area contributed by atoms with E-state index in [9.17, 15) is 8.78 Å². The number of benzene rings is 1.